The van der Waals surface area contributed by atoms with E-state index in [1.54, 1.807) is 13.8 Å². The highest BCUT2D eigenvalue weighted by Gasteiger charge is 2.21. The first-order chi connectivity index (χ1) is 10.7. The van der Waals surface area contributed by atoms with E-state index in [9.17, 15) is 18.8 Å². The molecule has 2 N–H and O–H groups in total. The summed E-state index contributed by atoms with van der Waals surface area (Å²) < 4.78 is 23.2. The predicted molar refractivity (Wildman–Crippen MR) is 79.6 cm³/mol. The number of rotatable bonds is 5. The SMILES string of the molecule is COc1ccc(C(=O)O[C@H](C)C(=O)NC(=O)NC(C)C)cc1F. The Morgan fingerprint density at radius 2 is 1.83 bits per heavy atom. The largest absolute Gasteiger partial charge is 0.494 e. The van der Waals surface area contributed by atoms with Crippen molar-refractivity contribution in [1.82, 2.24) is 10.6 Å². The van der Waals surface area contributed by atoms with Gasteiger partial charge in [0, 0.05) is 6.04 Å². The molecule has 23 heavy (non-hydrogen) atoms. The minimum absolute atomic E-state index is 0.0160. The Morgan fingerprint density at radius 3 is 2.35 bits per heavy atom. The van der Waals surface area contributed by atoms with E-state index in [1.807, 2.05) is 5.32 Å². The van der Waals surface area contributed by atoms with Crippen LogP contribution in [0.25, 0.3) is 0 Å². The number of amides is 3. The van der Waals surface area contributed by atoms with Crippen molar-refractivity contribution in [2.24, 2.45) is 0 Å². The first-order valence-corrected chi connectivity index (χ1v) is 6.90. The maximum atomic E-state index is 13.5. The highest BCUT2D eigenvalue weighted by atomic mass is 19.1. The summed E-state index contributed by atoms with van der Waals surface area (Å²) in [4.78, 5) is 35.0. The minimum atomic E-state index is -1.22. The molecular weight excluding hydrogens is 307 g/mol. The highest BCUT2D eigenvalue weighted by Crippen LogP contribution is 2.18. The van der Waals surface area contributed by atoms with Crippen molar-refractivity contribution >= 4 is 17.9 Å². The molecule has 1 atom stereocenters. The van der Waals surface area contributed by atoms with Crippen molar-refractivity contribution in [3.63, 3.8) is 0 Å². The van der Waals surface area contributed by atoms with Gasteiger partial charge in [-0.25, -0.2) is 14.0 Å². The normalized spacial score (nSPS) is 11.6. The van der Waals surface area contributed by atoms with Crippen LogP contribution in [0.15, 0.2) is 18.2 Å². The third kappa shape index (κ3) is 5.57. The second-order valence-electron chi connectivity index (χ2n) is 5.01. The second-order valence-corrected chi connectivity index (χ2v) is 5.01. The van der Waals surface area contributed by atoms with Gasteiger partial charge in [-0.2, -0.15) is 0 Å². The fourth-order valence-electron chi connectivity index (χ4n) is 1.59. The number of benzene rings is 1. The van der Waals surface area contributed by atoms with Gasteiger partial charge in [0.1, 0.15) is 0 Å². The van der Waals surface area contributed by atoms with Crippen LogP contribution in [0.4, 0.5) is 9.18 Å². The lowest BCUT2D eigenvalue weighted by molar-refractivity contribution is -0.127. The molecule has 0 bridgehead atoms. The molecule has 0 heterocycles. The van der Waals surface area contributed by atoms with Gasteiger partial charge in [-0.1, -0.05) is 0 Å². The molecule has 0 saturated carbocycles. The number of hydrogen-bond acceptors (Lipinski definition) is 5. The number of imide groups is 1. The Morgan fingerprint density at radius 1 is 1.17 bits per heavy atom. The summed E-state index contributed by atoms with van der Waals surface area (Å²) in [5.74, 6) is -2.42. The molecule has 0 fully saturated rings. The van der Waals surface area contributed by atoms with E-state index in [0.29, 0.717) is 0 Å². The molecular formula is C15H19FN2O5. The molecule has 1 rings (SSSR count). The fraction of sp³-hybridized carbons (Fsp3) is 0.400. The van der Waals surface area contributed by atoms with Gasteiger partial charge >= 0.3 is 12.0 Å². The molecule has 0 aliphatic rings. The van der Waals surface area contributed by atoms with Gasteiger partial charge < -0.3 is 14.8 Å². The number of halogens is 1. The standard InChI is InChI=1S/C15H19FN2O5/c1-8(2)17-15(21)18-13(19)9(3)23-14(20)10-5-6-12(22-4)11(16)7-10/h5-9H,1-4H3,(H2,17,18,19,21)/t9-/m1/s1. The third-order valence-corrected chi connectivity index (χ3v) is 2.70. The van der Waals surface area contributed by atoms with Gasteiger partial charge in [0.25, 0.3) is 5.91 Å². The van der Waals surface area contributed by atoms with E-state index in [2.05, 4.69) is 5.32 Å². The second kappa shape index (κ2) is 8.11. The zero-order valence-electron chi connectivity index (χ0n) is 13.3. The topological polar surface area (TPSA) is 93.7 Å². The van der Waals surface area contributed by atoms with Crippen LogP contribution < -0.4 is 15.4 Å². The number of carbonyl (C=O) groups is 3. The lowest BCUT2D eigenvalue weighted by Crippen LogP contribution is -2.46. The van der Waals surface area contributed by atoms with Gasteiger partial charge in [0.15, 0.2) is 17.7 Å². The van der Waals surface area contributed by atoms with E-state index in [-0.39, 0.29) is 17.4 Å². The van der Waals surface area contributed by atoms with E-state index >= 15 is 0 Å². The van der Waals surface area contributed by atoms with Crippen LogP contribution in [-0.4, -0.2) is 37.2 Å². The van der Waals surface area contributed by atoms with Gasteiger partial charge in [0.05, 0.1) is 12.7 Å². The molecule has 1 aromatic rings. The third-order valence-electron chi connectivity index (χ3n) is 2.70. The quantitative estimate of drug-likeness (QED) is 0.802. The average molecular weight is 326 g/mol. The number of ether oxygens (including phenoxy) is 2. The fourth-order valence-corrected chi connectivity index (χ4v) is 1.59. The molecule has 0 unspecified atom stereocenters. The van der Waals surface area contributed by atoms with Crippen LogP contribution in [0.3, 0.4) is 0 Å². The summed E-state index contributed by atoms with van der Waals surface area (Å²) in [5, 5.41) is 4.50. The summed E-state index contributed by atoms with van der Waals surface area (Å²) in [7, 11) is 1.30. The lowest BCUT2D eigenvalue weighted by Gasteiger charge is -2.14. The number of urea groups is 1. The van der Waals surface area contributed by atoms with Crippen LogP contribution >= 0.6 is 0 Å². The molecule has 0 radical (unpaired) electrons. The van der Waals surface area contributed by atoms with Gasteiger partial charge in [-0.3, -0.25) is 10.1 Å². The molecule has 0 aromatic heterocycles. The Labute approximate surface area is 133 Å². The molecule has 126 valence electrons. The first kappa shape index (κ1) is 18.4. The van der Waals surface area contributed by atoms with Crippen molar-refractivity contribution in [2.75, 3.05) is 7.11 Å². The lowest BCUT2D eigenvalue weighted by atomic mass is 10.2. The Hall–Kier alpha value is -2.64. The Kier molecular flexibility index (Phi) is 6.49. The zero-order chi connectivity index (χ0) is 17.6. The molecule has 1 aromatic carbocycles. The monoisotopic (exact) mass is 326 g/mol. The Bertz CT molecular complexity index is 604. The number of nitrogens with one attached hydrogen (secondary N) is 2. The van der Waals surface area contributed by atoms with Crippen LogP contribution in [-0.2, 0) is 9.53 Å². The average Bonchev–Trinajstić information content (AvgIpc) is 2.45. The summed E-state index contributed by atoms with van der Waals surface area (Å²) in [5.41, 5.74) is -0.0745. The number of hydrogen-bond donors (Lipinski definition) is 2. The van der Waals surface area contributed by atoms with Crippen molar-refractivity contribution in [1.29, 1.82) is 0 Å². The molecule has 0 aliphatic heterocycles. The van der Waals surface area contributed by atoms with E-state index in [0.717, 1.165) is 6.07 Å². The van der Waals surface area contributed by atoms with Gasteiger partial charge in [-0.05, 0) is 39.0 Å². The molecule has 0 saturated heterocycles. The number of esters is 1. The summed E-state index contributed by atoms with van der Waals surface area (Å²) in [6.07, 6.45) is -1.22. The predicted octanol–water partition coefficient (Wildman–Crippen LogP) is 1.61. The minimum Gasteiger partial charge on any atom is -0.494 e. The molecule has 3 amide bonds. The zero-order valence-corrected chi connectivity index (χ0v) is 13.3. The van der Waals surface area contributed by atoms with E-state index < -0.39 is 29.8 Å². The van der Waals surface area contributed by atoms with Crippen LogP contribution in [0.1, 0.15) is 31.1 Å². The van der Waals surface area contributed by atoms with Crippen LogP contribution in [0.5, 0.6) is 5.75 Å². The van der Waals surface area contributed by atoms with Crippen LogP contribution in [0, 0.1) is 5.82 Å². The van der Waals surface area contributed by atoms with Crippen molar-refractivity contribution in [3.05, 3.63) is 29.6 Å². The maximum absolute atomic E-state index is 13.5. The number of carbonyl (C=O) groups excluding carboxylic acids is 3. The molecule has 0 aliphatic carbocycles. The van der Waals surface area contributed by atoms with Crippen LogP contribution in [0.2, 0.25) is 0 Å². The first-order valence-electron chi connectivity index (χ1n) is 6.90. The summed E-state index contributed by atoms with van der Waals surface area (Å²) in [6.45, 7) is 4.76. The molecule has 8 heteroatoms. The maximum Gasteiger partial charge on any atom is 0.339 e. The van der Waals surface area contributed by atoms with Gasteiger partial charge in [0.2, 0.25) is 0 Å². The smallest absolute Gasteiger partial charge is 0.339 e. The summed E-state index contributed by atoms with van der Waals surface area (Å²) >= 11 is 0. The summed E-state index contributed by atoms with van der Waals surface area (Å²) in [6, 6.07) is 2.68. The van der Waals surface area contributed by atoms with Crippen molar-refractivity contribution in [2.45, 2.75) is 32.9 Å². The Balaban J connectivity index is 2.64. The molecule has 7 nitrogen and oxygen atoms in total. The van der Waals surface area contributed by atoms with Gasteiger partial charge in [-0.15, -0.1) is 0 Å². The highest BCUT2D eigenvalue weighted by molar-refractivity contribution is 5.98. The van der Waals surface area contributed by atoms with Crippen molar-refractivity contribution < 1.29 is 28.2 Å². The van der Waals surface area contributed by atoms with E-state index in [4.69, 9.17) is 9.47 Å². The molecule has 0 spiro atoms. The van der Waals surface area contributed by atoms with E-state index in [1.165, 1.54) is 26.2 Å². The van der Waals surface area contributed by atoms with Crippen molar-refractivity contribution in [3.8, 4) is 5.75 Å². The number of methoxy groups -OCH3 is 1.